The molecule has 4 N–H and O–H groups in total. The number of hydrogen-bond donors (Lipinski definition) is 3. The first-order valence-electron chi connectivity index (χ1n) is 7.70. The summed E-state index contributed by atoms with van der Waals surface area (Å²) in [6, 6.07) is 4.53. The molecule has 1 unspecified atom stereocenters. The summed E-state index contributed by atoms with van der Waals surface area (Å²) < 4.78 is 26.6. The minimum absolute atomic E-state index is 0. The minimum Gasteiger partial charge on any atom is -0.345 e. The average molecular weight is 378 g/mol. The van der Waals surface area contributed by atoms with Gasteiger partial charge in [0.1, 0.15) is 0 Å². The Morgan fingerprint density at radius 1 is 1.33 bits per heavy atom. The molecule has 1 amide bonds. The van der Waals surface area contributed by atoms with Gasteiger partial charge in [-0.2, -0.15) is 0 Å². The molecule has 6 nitrogen and oxygen atoms in total. The van der Waals surface area contributed by atoms with Gasteiger partial charge in [0.2, 0.25) is 10.0 Å². The molecule has 0 saturated heterocycles. The first kappa shape index (κ1) is 22.9. The lowest BCUT2D eigenvalue weighted by Crippen LogP contribution is -2.55. The third kappa shape index (κ3) is 5.17. The van der Waals surface area contributed by atoms with Crippen LogP contribution in [0.4, 0.5) is 0 Å². The van der Waals surface area contributed by atoms with E-state index in [4.69, 9.17) is 5.73 Å². The summed E-state index contributed by atoms with van der Waals surface area (Å²) >= 11 is 0. The van der Waals surface area contributed by atoms with E-state index in [2.05, 4.69) is 10.0 Å². The summed E-state index contributed by atoms with van der Waals surface area (Å²) in [7, 11) is -3.60. The number of rotatable bonds is 7. The summed E-state index contributed by atoms with van der Waals surface area (Å²) in [5, 5.41) is 2.93. The van der Waals surface area contributed by atoms with Gasteiger partial charge in [0.15, 0.2) is 0 Å². The predicted octanol–water partition coefficient (Wildman–Crippen LogP) is 1.82. The first-order chi connectivity index (χ1) is 10.6. The Labute approximate surface area is 151 Å². The smallest absolute Gasteiger partial charge is 0.252 e. The van der Waals surface area contributed by atoms with Gasteiger partial charge < -0.3 is 11.1 Å². The minimum atomic E-state index is -3.60. The normalized spacial score (nSPS) is 14.0. The lowest BCUT2D eigenvalue weighted by atomic mass is 9.88. The number of aryl methyl sites for hydroxylation is 1. The number of carbonyl (C=O) groups is 1. The molecule has 0 bridgehead atoms. The molecule has 1 atom stereocenters. The lowest BCUT2D eigenvalue weighted by Gasteiger charge is -2.33. The van der Waals surface area contributed by atoms with Crippen molar-refractivity contribution in [2.75, 3.05) is 13.1 Å². The van der Waals surface area contributed by atoms with Crippen LogP contribution in [-0.2, 0) is 10.0 Å². The lowest BCUT2D eigenvalue weighted by molar-refractivity contribution is 0.0882. The zero-order chi connectivity index (χ0) is 17.8. The van der Waals surface area contributed by atoms with Crippen LogP contribution in [0.2, 0.25) is 0 Å². The van der Waals surface area contributed by atoms with Crippen LogP contribution in [0.5, 0.6) is 0 Å². The fraction of sp³-hybridized carbons (Fsp3) is 0.562. The Bertz CT molecular complexity index is 677. The molecule has 0 saturated carbocycles. The maximum Gasteiger partial charge on any atom is 0.252 e. The summed E-state index contributed by atoms with van der Waals surface area (Å²) in [5.74, 6) is -0.178. The SMILES string of the molecule is CCNS(=O)(=O)c1ccc(C)c(C(=O)NC(C)(CN)C(C)C)c1.Cl. The van der Waals surface area contributed by atoms with E-state index < -0.39 is 15.6 Å². The van der Waals surface area contributed by atoms with Crippen molar-refractivity contribution in [2.24, 2.45) is 11.7 Å². The molecule has 0 radical (unpaired) electrons. The molecule has 8 heteroatoms. The molecule has 1 aromatic carbocycles. The van der Waals surface area contributed by atoms with Gasteiger partial charge in [-0.25, -0.2) is 13.1 Å². The van der Waals surface area contributed by atoms with Gasteiger partial charge in [0, 0.05) is 18.7 Å². The van der Waals surface area contributed by atoms with Crippen LogP contribution in [-0.4, -0.2) is 33.0 Å². The maximum atomic E-state index is 12.6. The van der Waals surface area contributed by atoms with E-state index in [-0.39, 0.29) is 35.7 Å². The van der Waals surface area contributed by atoms with Crippen LogP contribution >= 0.6 is 12.4 Å². The maximum absolute atomic E-state index is 12.6. The van der Waals surface area contributed by atoms with Crippen molar-refractivity contribution in [3.8, 4) is 0 Å². The molecular formula is C16H28ClN3O3S. The van der Waals surface area contributed by atoms with Gasteiger partial charge in [-0.15, -0.1) is 12.4 Å². The van der Waals surface area contributed by atoms with Crippen molar-refractivity contribution in [3.63, 3.8) is 0 Å². The van der Waals surface area contributed by atoms with Crippen LogP contribution in [0, 0.1) is 12.8 Å². The monoisotopic (exact) mass is 377 g/mol. The first-order valence-corrected chi connectivity index (χ1v) is 9.18. The molecule has 1 rings (SSSR count). The standard InChI is InChI=1S/C16H27N3O3S.ClH/c1-6-18-23(21,22)13-8-7-12(4)14(9-13)15(20)19-16(5,10-17)11(2)3;/h7-9,11,18H,6,10,17H2,1-5H3,(H,19,20);1H. The molecule has 0 aliphatic heterocycles. The number of nitrogens with two attached hydrogens (primary N) is 1. The second-order valence-corrected chi connectivity index (χ2v) is 7.98. The molecule has 0 aliphatic carbocycles. The van der Waals surface area contributed by atoms with Gasteiger partial charge in [0.05, 0.1) is 10.4 Å². The highest BCUT2D eigenvalue weighted by atomic mass is 35.5. The topological polar surface area (TPSA) is 101 Å². The summed E-state index contributed by atoms with van der Waals surface area (Å²) in [6.07, 6.45) is 0. The molecule has 24 heavy (non-hydrogen) atoms. The number of hydrogen-bond acceptors (Lipinski definition) is 4. The number of halogens is 1. The quantitative estimate of drug-likeness (QED) is 0.674. The van der Waals surface area contributed by atoms with E-state index in [0.29, 0.717) is 17.7 Å². The Hall–Kier alpha value is -1.15. The highest BCUT2D eigenvalue weighted by molar-refractivity contribution is 7.89. The van der Waals surface area contributed by atoms with E-state index in [1.54, 1.807) is 19.9 Å². The van der Waals surface area contributed by atoms with Crippen molar-refractivity contribution in [2.45, 2.75) is 45.1 Å². The summed E-state index contributed by atoms with van der Waals surface area (Å²) in [5.41, 5.74) is 6.28. The number of sulfonamides is 1. The molecule has 0 aromatic heterocycles. The average Bonchev–Trinajstić information content (AvgIpc) is 2.46. The third-order valence-electron chi connectivity index (χ3n) is 4.20. The van der Waals surface area contributed by atoms with Gasteiger partial charge in [0.25, 0.3) is 5.91 Å². The van der Waals surface area contributed by atoms with Crippen molar-refractivity contribution >= 4 is 28.3 Å². The molecule has 138 valence electrons. The largest absolute Gasteiger partial charge is 0.345 e. The molecule has 0 spiro atoms. The molecular weight excluding hydrogens is 350 g/mol. The zero-order valence-corrected chi connectivity index (χ0v) is 16.5. The van der Waals surface area contributed by atoms with E-state index in [9.17, 15) is 13.2 Å². The number of nitrogens with one attached hydrogen (secondary N) is 2. The zero-order valence-electron chi connectivity index (χ0n) is 14.8. The highest BCUT2D eigenvalue weighted by Crippen LogP contribution is 2.19. The van der Waals surface area contributed by atoms with Crippen LogP contribution in [0.25, 0.3) is 0 Å². The third-order valence-corrected chi connectivity index (χ3v) is 5.74. The molecule has 1 aromatic rings. The van der Waals surface area contributed by atoms with Crippen molar-refractivity contribution in [1.29, 1.82) is 0 Å². The van der Waals surface area contributed by atoms with Crippen LogP contribution in [0.15, 0.2) is 23.1 Å². The fourth-order valence-electron chi connectivity index (χ4n) is 2.04. The van der Waals surface area contributed by atoms with E-state index >= 15 is 0 Å². The molecule has 0 fully saturated rings. The van der Waals surface area contributed by atoms with Crippen LogP contribution in [0.3, 0.4) is 0 Å². The molecule has 0 heterocycles. The second-order valence-electron chi connectivity index (χ2n) is 6.21. The van der Waals surface area contributed by atoms with Crippen LogP contribution < -0.4 is 15.8 Å². The number of benzene rings is 1. The predicted molar refractivity (Wildman–Crippen MR) is 99.1 cm³/mol. The Morgan fingerprint density at radius 3 is 2.38 bits per heavy atom. The fourth-order valence-corrected chi connectivity index (χ4v) is 3.11. The Kier molecular flexibility index (Phi) is 8.38. The Balaban J connectivity index is 0.00000529. The van der Waals surface area contributed by atoms with Gasteiger partial charge in [-0.05, 0) is 37.5 Å². The summed E-state index contributed by atoms with van der Waals surface area (Å²) in [6.45, 7) is 9.89. The molecule has 0 aliphatic rings. The van der Waals surface area contributed by atoms with Gasteiger partial charge in [-0.3, -0.25) is 4.79 Å². The second kappa shape index (κ2) is 8.80. The summed E-state index contributed by atoms with van der Waals surface area (Å²) in [4.78, 5) is 12.7. The Morgan fingerprint density at radius 2 is 1.92 bits per heavy atom. The van der Waals surface area contributed by atoms with Crippen molar-refractivity contribution in [1.82, 2.24) is 10.0 Å². The van der Waals surface area contributed by atoms with Crippen LogP contribution in [0.1, 0.15) is 43.6 Å². The van der Waals surface area contributed by atoms with E-state index in [0.717, 1.165) is 0 Å². The highest BCUT2D eigenvalue weighted by Gasteiger charge is 2.29. The van der Waals surface area contributed by atoms with E-state index in [1.807, 2.05) is 20.8 Å². The van der Waals surface area contributed by atoms with E-state index in [1.165, 1.54) is 12.1 Å². The number of carbonyl (C=O) groups excluding carboxylic acids is 1. The van der Waals surface area contributed by atoms with Gasteiger partial charge >= 0.3 is 0 Å². The number of amides is 1. The van der Waals surface area contributed by atoms with Crippen molar-refractivity contribution in [3.05, 3.63) is 29.3 Å². The van der Waals surface area contributed by atoms with Crippen molar-refractivity contribution < 1.29 is 13.2 Å². The van der Waals surface area contributed by atoms with Gasteiger partial charge in [-0.1, -0.05) is 26.8 Å².